The molecule has 0 radical (unpaired) electrons. The Labute approximate surface area is 351 Å². The van der Waals surface area contributed by atoms with Gasteiger partial charge >= 0.3 is 0 Å². The minimum Gasteiger partial charge on any atom is -0.309 e. The molecule has 1 aliphatic carbocycles. The summed E-state index contributed by atoms with van der Waals surface area (Å²) < 4.78 is 7.58. The highest BCUT2D eigenvalue weighted by atomic mass is 32.1. The average molecular weight is 783 g/mol. The van der Waals surface area contributed by atoms with Gasteiger partial charge in [-0.25, -0.2) is 0 Å². The Morgan fingerprint density at radius 1 is 0.367 bits per heavy atom. The highest BCUT2D eigenvalue weighted by molar-refractivity contribution is 7.26. The lowest BCUT2D eigenvalue weighted by molar-refractivity contribution is 0.661. The van der Waals surface area contributed by atoms with Crippen molar-refractivity contribution in [2.45, 2.75) is 19.3 Å². The van der Waals surface area contributed by atoms with Gasteiger partial charge in [-0.2, -0.15) is 0 Å². The van der Waals surface area contributed by atoms with Crippen LogP contribution in [0.1, 0.15) is 25.0 Å². The summed E-state index contributed by atoms with van der Waals surface area (Å²) in [7, 11) is 0. The van der Waals surface area contributed by atoms with E-state index in [0.717, 1.165) is 5.69 Å². The summed E-state index contributed by atoms with van der Waals surface area (Å²) in [6.45, 7) is 4.77. The van der Waals surface area contributed by atoms with E-state index in [2.05, 4.69) is 217 Å². The topological polar surface area (TPSA) is 9.86 Å². The molecule has 2 nitrogen and oxygen atoms in total. The van der Waals surface area contributed by atoms with E-state index in [0.29, 0.717) is 0 Å². The largest absolute Gasteiger partial charge is 0.309 e. The number of benzene rings is 9. The van der Waals surface area contributed by atoms with Gasteiger partial charge in [0.1, 0.15) is 0 Å². The third-order valence-corrected chi connectivity index (χ3v) is 14.5. The van der Waals surface area contributed by atoms with E-state index in [1.54, 1.807) is 0 Å². The lowest BCUT2D eigenvalue weighted by atomic mass is 9.82. The van der Waals surface area contributed by atoms with Crippen molar-refractivity contribution in [1.29, 1.82) is 0 Å². The number of hydrogen-bond acceptors (Lipinski definition) is 1. The van der Waals surface area contributed by atoms with Crippen LogP contribution in [0.3, 0.4) is 0 Å². The Morgan fingerprint density at radius 3 is 1.58 bits per heavy atom. The number of para-hydroxylation sites is 3. The molecule has 60 heavy (non-hydrogen) atoms. The third kappa shape index (κ3) is 4.70. The van der Waals surface area contributed by atoms with E-state index < -0.39 is 0 Å². The molecule has 0 fully saturated rings. The average Bonchev–Trinajstić information content (AvgIpc) is 4.01. The van der Waals surface area contributed by atoms with Crippen LogP contribution in [0, 0.1) is 0 Å². The van der Waals surface area contributed by atoms with E-state index in [1.165, 1.54) is 114 Å². The predicted molar refractivity (Wildman–Crippen MR) is 256 cm³/mol. The van der Waals surface area contributed by atoms with Crippen molar-refractivity contribution in [3.05, 3.63) is 205 Å². The summed E-state index contributed by atoms with van der Waals surface area (Å²) in [5.74, 6) is 0. The van der Waals surface area contributed by atoms with Crippen LogP contribution in [0.15, 0.2) is 194 Å². The predicted octanol–water partition coefficient (Wildman–Crippen LogP) is 15.9. The highest BCUT2D eigenvalue weighted by Gasteiger charge is 2.37. The first-order chi connectivity index (χ1) is 29.5. The quantitative estimate of drug-likeness (QED) is 0.168. The molecule has 1 aliphatic rings. The number of fused-ring (bicyclic) bond motifs is 13. The molecular weight excluding hydrogens is 745 g/mol. The maximum absolute atomic E-state index is 2.47. The van der Waals surface area contributed by atoms with Crippen molar-refractivity contribution in [3.8, 4) is 44.8 Å². The van der Waals surface area contributed by atoms with Crippen molar-refractivity contribution in [2.75, 3.05) is 0 Å². The monoisotopic (exact) mass is 782 g/mol. The van der Waals surface area contributed by atoms with Crippen molar-refractivity contribution in [1.82, 2.24) is 9.13 Å². The molecule has 13 rings (SSSR count). The zero-order valence-electron chi connectivity index (χ0n) is 33.3. The molecule has 0 atom stereocenters. The first kappa shape index (κ1) is 33.7. The Balaban J connectivity index is 1.01. The number of thiophene rings is 1. The van der Waals surface area contributed by atoms with Crippen molar-refractivity contribution < 1.29 is 0 Å². The van der Waals surface area contributed by atoms with Crippen LogP contribution in [0.2, 0.25) is 0 Å². The number of hydrogen-bond donors (Lipinski definition) is 0. The van der Waals surface area contributed by atoms with Gasteiger partial charge in [-0.1, -0.05) is 135 Å². The molecule has 3 heterocycles. The Hall–Kier alpha value is -7.20. The third-order valence-electron chi connectivity index (χ3n) is 13.3. The van der Waals surface area contributed by atoms with Gasteiger partial charge in [-0.15, -0.1) is 11.3 Å². The van der Waals surface area contributed by atoms with Crippen molar-refractivity contribution in [3.63, 3.8) is 0 Å². The van der Waals surface area contributed by atoms with Crippen LogP contribution in [0.4, 0.5) is 0 Å². The molecule has 12 aromatic rings. The zero-order valence-corrected chi connectivity index (χ0v) is 34.1. The van der Waals surface area contributed by atoms with Gasteiger partial charge in [-0.05, 0) is 112 Å². The van der Waals surface area contributed by atoms with Crippen LogP contribution in [-0.4, -0.2) is 9.13 Å². The van der Waals surface area contributed by atoms with Crippen molar-refractivity contribution >= 4 is 75.1 Å². The zero-order chi connectivity index (χ0) is 39.7. The van der Waals surface area contributed by atoms with E-state index >= 15 is 0 Å². The minimum atomic E-state index is -0.0739. The molecule has 0 unspecified atom stereocenters. The first-order valence-corrected chi connectivity index (χ1v) is 21.7. The van der Waals surface area contributed by atoms with Crippen molar-refractivity contribution in [2.24, 2.45) is 0 Å². The molecule has 0 aliphatic heterocycles. The van der Waals surface area contributed by atoms with Crippen LogP contribution < -0.4 is 0 Å². The summed E-state index contributed by atoms with van der Waals surface area (Å²) in [6, 6.07) is 72.2. The maximum atomic E-state index is 2.47. The SMILES string of the molecule is CC1(C)c2ccc(-c3ccc4c(c3)c3cc(-c5ccc6c7ccccc7n(-c7ccccc7)c6c5)ccc3n4-c3ccccc3)cc2-c2c1ccc1c2sc2ccccc21. The Morgan fingerprint density at radius 2 is 0.867 bits per heavy atom. The second kappa shape index (κ2) is 12.4. The minimum absolute atomic E-state index is 0.0739. The molecule has 0 bridgehead atoms. The lowest BCUT2D eigenvalue weighted by Gasteiger charge is -2.21. The number of nitrogens with zero attached hydrogens (tertiary/aromatic N) is 2. The van der Waals surface area contributed by atoms with E-state index in [1.807, 2.05) is 11.3 Å². The van der Waals surface area contributed by atoms with Gasteiger partial charge in [0, 0.05) is 64.1 Å². The molecule has 282 valence electrons. The van der Waals surface area contributed by atoms with Crippen LogP contribution in [0.25, 0.3) is 109 Å². The Bertz CT molecular complexity index is 3730. The maximum Gasteiger partial charge on any atom is 0.0547 e. The van der Waals surface area contributed by atoms with Gasteiger partial charge in [0.15, 0.2) is 0 Å². The molecule has 0 N–H and O–H groups in total. The van der Waals surface area contributed by atoms with Gasteiger partial charge < -0.3 is 9.13 Å². The fourth-order valence-corrected chi connectivity index (χ4v) is 11.7. The van der Waals surface area contributed by atoms with Gasteiger partial charge in [0.05, 0.1) is 22.1 Å². The molecule has 9 aromatic carbocycles. The van der Waals surface area contributed by atoms with E-state index in [-0.39, 0.29) is 5.41 Å². The summed E-state index contributed by atoms with van der Waals surface area (Å²) >= 11 is 1.93. The van der Waals surface area contributed by atoms with Crippen LogP contribution in [0.5, 0.6) is 0 Å². The summed E-state index contributed by atoms with van der Waals surface area (Å²) in [4.78, 5) is 0. The molecule has 0 saturated carbocycles. The second-order valence-electron chi connectivity index (χ2n) is 16.9. The first-order valence-electron chi connectivity index (χ1n) is 20.8. The molecule has 3 heteroatoms. The molecule has 0 spiro atoms. The van der Waals surface area contributed by atoms with Crippen LogP contribution >= 0.6 is 11.3 Å². The summed E-state index contributed by atoms with van der Waals surface area (Å²) in [5.41, 5.74) is 17.6. The molecule has 3 aromatic heterocycles. The number of aromatic nitrogens is 2. The van der Waals surface area contributed by atoms with Crippen LogP contribution in [-0.2, 0) is 5.41 Å². The Kier molecular flexibility index (Phi) is 6.98. The molecule has 0 saturated heterocycles. The summed E-state index contributed by atoms with van der Waals surface area (Å²) in [6.07, 6.45) is 0. The highest BCUT2D eigenvalue weighted by Crippen LogP contribution is 2.54. The van der Waals surface area contributed by atoms with E-state index in [9.17, 15) is 0 Å². The fourth-order valence-electron chi connectivity index (χ4n) is 10.4. The number of rotatable bonds is 4. The van der Waals surface area contributed by atoms with Gasteiger partial charge in [0.2, 0.25) is 0 Å². The smallest absolute Gasteiger partial charge is 0.0547 e. The van der Waals surface area contributed by atoms with Gasteiger partial charge in [-0.3, -0.25) is 0 Å². The summed E-state index contributed by atoms with van der Waals surface area (Å²) in [5, 5.41) is 7.73. The standard InChI is InChI=1S/C57H38N2S/c1-57(2)48-27-22-35(33-47(48)55-49(57)28-26-44-43-18-10-12-20-54(43)60-56(44)55)36-23-29-51-45(31-36)46-32-37(24-30-52(46)58(51)39-13-5-3-6-14-39)38-21-25-42-41-17-9-11-19-50(41)59(53(42)34-38)40-15-7-4-8-16-40/h3-34H,1-2H3. The normalized spacial score (nSPS) is 13.3. The molecular formula is C57H38N2S. The lowest BCUT2D eigenvalue weighted by Crippen LogP contribution is -2.14. The fraction of sp³-hybridized carbons (Fsp3) is 0.0526. The molecule has 0 amide bonds. The second-order valence-corrected chi connectivity index (χ2v) is 18.0. The van der Waals surface area contributed by atoms with E-state index in [4.69, 9.17) is 0 Å². The van der Waals surface area contributed by atoms with Gasteiger partial charge in [0.25, 0.3) is 0 Å².